The summed E-state index contributed by atoms with van der Waals surface area (Å²) in [7, 11) is 0. The van der Waals surface area contributed by atoms with Crippen molar-refractivity contribution < 1.29 is 9.13 Å². The van der Waals surface area contributed by atoms with Gasteiger partial charge in [0.05, 0.1) is 5.69 Å². The number of aromatic nitrogens is 4. The summed E-state index contributed by atoms with van der Waals surface area (Å²) in [5, 5.41) is 0. The molecule has 0 amide bonds. The van der Waals surface area contributed by atoms with Crippen LogP contribution in [0.4, 0.5) is 4.39 Å². The van der Waals surface area contributed by atoms with Gasteiger partial charge < -0.3 is 4.74 Å². The molecule has 0 aliphatic heterocycles. The number of hydrogen-bond donors (Lipinski definition) is 0. The van der Waals surface area contributed by atoms with Crippen molar-refractivity contribution in [2.45, 2.75) is 13.5 Å². The van der Waals surface area contributed by atoms with Crippen LogP contribution in [0.5, 0.6) is 5.75 Å². The molecule has 3 heterocycles. The summed E-state index contributed by atoms with van der Waals surface area (Å²) >= 11 is 0. The van der Waals surface area contributed by atoms with Gasteiger partial charge in [0, 0.05) is 36.4 Å². The Balaban J connectivity index is 1.59. The van der Waals surface area contributed by atoms with Crippen LogP contribution in [0.3, 0.4) is 0 Å². The lowest BCUT2D eigenvalue weighted by atomic mass is 10.0. The first-order valence-electron chi connectivity index (χ1n) is 7.83. The summed E-state index contributed by atoms with van der Waals surface area (Å²) in [6.07, 6.45) is 7.03. The SMILES string of the molecule is Cc1ccccc1-c1cnc2nc(COc3ccnc(F)c3)cn2c1. The Hall–Kier alpha value is -3.28. The molecule has 25 heavy (non-hydrogen) atoms. The molecular weight excluding hydrogens is 319 g/mol. The van der Waals surface area contributed by atoms with Crippen molar-refractivity contribution in [3.8, 4) is 16.9 Å². The number of nitrogens with zero attached hydrogens (tertiary/aromatic N) is 4. The second kappa shape index (κ2) is 6.32. The second-order valence-corrected chi connectivity index (χ2v) is 5.70. The molecule has 3 aromatic heterocycles. The third-order valence-corrected chi connectivity index (χ3v) is 3.90. The van der Waals surface area contributed by atoms with Gasteiger partial charge in [-0.2, -0.15) is 4.39 Å². The fourth-order valence-corrected chi connectivity index (χ4v) is 2.67. The Morgan fingerprint density at radius 2 is 2.00 bits per heavy atom. The highest BCUT2D eigenvalue weighted by Gasteiger charge is 2.07. The minimum atomic E-state index is -0.572. The number of ether oxygens (including phenoxy) is 1. The molecular formula is C19H15FN4O. The van der Waals surface area contributed by atoms with Gasteiger partial charge in [-0.25, -0.2) is 15.0 Å². The molecule has 0 radical (unpaired) electrons. The summed E-state index contributed by atoms with van der Waals surface area (Å²) in [4.78, 5) is 12.3. The normalized spacial score (nSPS) is 11.0. The highest BCUT2D eigenvalue weighted by Crippen LogP contribution is 2.22. The highest BCUT2D eigenvalue weighted by atomic mass is 19.1. The van der Waals surface area contributed by atoms with Crippen LogP contribution >= 0.6 is 0 Å². The van der Waals surface area contributed by atoms with E-state index >= 15 is 0 Å². The number of hydrogen-bond acceptors (Lipinski definition) is 4. The van der Waals surface area contributed by atoms with Crippen molar-refractivity contribution >= 4 is 5.78 Å². The van der Waals surface area contributed by atoms with Crippen LogP contribution in [-0.4, -0.2) is 19.4 Å². The second-order valence-electron chi connectivity index (χ2n) is 5.70. The molecule has 0 saturated carbocycles. The zero-order chi connectivity index (χ0) is 17.2. The summed E-state index contributed by atoms with van der Waals surface area (Å²) in [5.74, 6) is 0.437. The molecule has 0 bridgehead atoms. The molecule has 4 aromatic rings. The van der Waals surface area contributed by atoms with E-state index in [1.807, 2.05) is 35.1 Å². The standard InChI is InChI=1S/C19H15FN4O/c1-13-4-2-3-5-17(13)14-9-22-19-23-15(11-24(19)10-14)12-25-16-6-7-21-18(20)8-16/h2-11H,12H2,1H3. The van der Waals surface area contributed by atoms with Gasteiger partial charge in [0.2, 0.25) is 11.7 Å². The lowest BCUT2D eigenvalue weighted by Crippen LogP contribution is -1.96. The molecule has 0 fully saturated rings. The van der Waals surface area contributed by atoms with Crippen molar-refractivity contribution in [2.75, 3.05) is 0 Å². The Bertz CT molecular complexity index is 1040. The monoisotopic (exact) mass is 334 g/mol. The Labute approximate surface area is 143 Å². The Morgan fingerprint density at radius 3 is 2.84 bits per heavy atom. The molecule has 5 nitrogen and oxygen atoms in total. The number of rotatable bonds is 4. The van der Waals surface area contributed by atoms with Crippen LogP contribution in [0, 0.1) is 12.9 Å². The number of halogens is 1. The summed E-state index contributed by atoms with van der Waals surface area (Å²) < 4.78 is 20.5. The maximum Gasteiger partial charge on any atom is 0.234 e. The first-order chi connectivity index (χ1) is 12.2. The molecule has 124 valence electrons. The average molecular weight is 334 g/mol. The number of fused-ring (bicyclic) bond motifs is 1. The predicted octanol–water partition coefficient (Wildman–Crippen LogP) is 3.82. The van der Waals surface area contributed by atoms with Crippen molar-refractivity contribution in [3.05, 3.63) is 78.4 Å². The molecule has 0 atom stereocenters. The molecule has 4 rings (SSSR count). The topological polar surface area (TPSA) is 52.3 Å². The van der Waals surface area contributed by atoms with E-state index < -0.39 is 5.95 Å². The van der Waals surface area contributed by atoms with Crippen LogP contribution in [0.1, 0.15) is 11.3 Å². The van der Waals surface area contributed by atoms with E-state index in [2.05, 4.69) is 34.0 Å². The van der Waals surface area contributed by atoms with Crippen LogP contribution in [0.25, 0.3) is 16.9 Å². The molecule has 0 unspecified atom stereocenters. The molecule has 6 heteroatoms. The summed E-state index contributed by atoms with van der Waals surface area (Å²) in [6, 6.07) is 11.0. The first-order valence-corrected chi connectivity index (χ1v) is 7.83. The molecule has 0 spiro atoms. The average Bonchev–Trinajstić information content (AvgIpc) is 3.02. The van der Waals surface area contributed by atoms with Gasteiger partial charge in [0.15, 0.2) is 0 Å². The largest absolute Gasteiger partial charge is 0.487 e. The van der Waals surface area contributed by atoms with E-state index in [-0.39, 0.29) is 6.61 Å². The molecule has 0 aliphatic rings. The van der Waals surface area contributed by atoms with E-state index in [0.717, 1.165) is 11.1 Å². The Morgan fingerprint density at radius 1 is 1.12 bits per heavy atom. The minimum Gasteiger partial charge on any atom is -0.487 e. The number of pyridine rings is 1. The third kappa shape index (κ3) is 3.19. The smallest absolute Gasteiger partial charge is 0.234 e. The summed E-state index contributed by atoms with van der Waals surface area (Å²) in [5.41, 5.74) is 4.06. The quantitative estimate of drug-likeness (QED) is 0.533. The van der Waals surface area contributed by atoms with Crippen molar-refractivity contribution in [1.82, 2.24) is 19.4 Å². The van der Waals surface area contributed by atoms with Gasteiger partial charge in [0.1, 0.15) is 12.4 Å². The van der Waals surface area contributed by atoms with Crippen molar-refractivity contribution in [1.29, 1.82) is 0 Å². The van der Waals surface area contributed by atoms with Crippen LogP contribution in [0.15, 0.2) is 61.2 Å². The molecule has 0 saturated heterocycles. The maximum atomic E-state index is 13.1. The lowest BCUT2D eigenvalue weighted by molar-refractivity contribution is 0.299. The zero-order valence-electron chi connectivity index (χ0n) is 13.6. The van der Waals surface area contributed by atoms with E-state index in [1.165, 1.54) is 17.8 Å². The van der Waals surface area contributed by atoms with Gasteiger partial charge in [-0.15, -0.1) is 0 Å². The third-order valence-electron chi connectivity index (χ3n) is 3.90. The van der Waals surface area contributed by atoms with Crippen molar-refractivity contribution in [3.63, 3.8) is 0 Å². The van der Waals surface area contributed by atoms with Gasteiger partial charge in [-0.1, -0.05) is 24.3 Å². The number of benzene rings is 1. The van der Waals surface area contributed by atoms with E-state index in [9.17, 15) is 4.39 Å². The number of aryl methyl sites for hydroxylation is 1. The minimum absolute atomic E-state index is 0.229. The highest BCUT2D eigenvalue weighted by molar-refractivity contribution is 5.66. The predicted molar refractivity (Wildman–Crippen MR) is 91.7 cm³/mol. The zero-order valence-corrected chi connectivity index (χ0v) is 13.6. The van der Waals surface area contributed by atoms with Gasteiger partial charge >= 0.3 is 0 Å². The van der Waals surface area contributed by atoms with Crippen LogP contribution < -0.4 is 4.74 Å². The molecule has 0 N–H and O–H groups in total. The Kier molecular flexibility index (Phi) is 3.85. The molecule has 0 aliphatic carbocycles. The van der Waals surface area contributed by atoms with Crippen LogP contribution in [0.2, 0.25) is 0 Å². The fraction of sp³-hybridized carbons (Fsp3) is 0.105. The van der Waals surface area contributed by atoms with Gasteiger partial charge in [-0.05, 0) is 24.1 Å². The van der Waals surface area contributed by atoms with E-state index in [4.69, 9.17) is 4.74 Å². The number of imidazole rings is 1. The van der Waals surface area contributed by atoms with Gasteiger partial charge in [-0.3, -0.25) is 4.40 Å². The summed E-state index contributed by atoms with van der Waals surface area (Å²) in [6.45, 7) is 2.30. The maximum absolute atomic E-state index is 13.1. The fourth-order valence-electron chi connectivity index (χ4n) is 2.67. The van der Waals surface area contributed by atoms with Gasteiger partial charge in [0.25, 0.3) is 0 Å². The lowest BCUT2D eigenvalue weighted by Gasteiger charge is -2.05. The van der Waals surface area contributed by atoms with E-state index in [1.54, 1.807) is 6.07 Å². The van der Waals surface area contributed by atoms with E-state index in [0.29, 0.717) is 17.2 Å². The molecule has 1 aromatic carbocycles. The van der Waals surface area contributed by atoms with Crippen LogP contribution in [-0.2, 0) is 6.61 Å². The first kappa shape index (κ1) is 15.3. The van der Waals surface area contributed by atoms with Crippen molar-refractivity contribution in [2.24, 2.45) is 0 Å².